The van der Waals surface area contributed by atoms with Crippen LogP contribution in [0.4, 0.5) is 4.39 Å². The molecular weight excluding hydrogens is 295 g/mol. The lowest BCUT2D eigenvalue weighted by molar-refractivity contribution is 0.128. The van der Waals surface area contributed by atoms with Gasteiger partial charge in [-0.25, -0.2) is 4.39 Å². The van der Waals surface area contributed by atoms with E-state index in [1.54, 1.807) is 12.1 Å². The Kier molecular flexibility index (Phi) is 4.76. The van der Waals surface area contributed by atoms with Crippen molar-refractivity contribution in [2.75, 3.05) is 13.1 Å². The molecule has 0 spiro atoms. The van der Waals surface area contributed by atoms with Crippen molar-refractivity contribution >= 4 is 15.9 Å². The van der Waals surface area contributed by atoms with Gasteiger partial charge in [-0.05, 0) is 66.0 Å². The molecule has 1 aromatic carbocycles. The van der Waals surface area contributed by atoms with Crippen molar-refractivity contribution in [3.63, 3.8) is 0 Å². The lowest BCUT2D eigenvalue weighted by Gasteiger charge is -2.40. The van der Waals surface area contributed by atoms with Crippen LogP contribution in [0.2, 0.25) is 0 Å². The molecule has 18 heavy (non-hydrogen) atoms. The van der Waals surface area contributed by atoms with Crippen molar-refractivity contribution in [1.82, 2.24) is 4.90 Å². The highest BCUT2D eigenvalue weighted by Gasteiger charge is 2.30. The number of likely N-dealkylation sites (tertiary alicyclic amines) is 1. The summed E-state index contributed by atoms with van der Waals surface area (Å²) in [6.45, 7) is 4.25. The Morgan fingerprint density at radius 1 is 1.50 bits per heavy atom. The maximum absolute atomic E-state index is 13.7. The number of nitrogens with two attached hydrogens (primary N) is 1. The highest BCUT2D eigenvalue weighted by molar-refractivity contribution is 9.10. The molecule has 0 amide bonds. The van der Waals surface area contributed by atoms with Gasteiger partial charge < -0.3 is 5.73 Å². The molecule has 1 fully saturated rings. The van der Waals surface area contributed by atoms with Crippen molar-refractivity contribution in [1.29, 1.82) is 0 Å². The second kappa shape index (κ2) is 6.13. The molecule has 4 heteroatoms. The number of hydrogen-bond donors (Lipinski definition) is 1. The fourth-order valence-corrected chi connectivity index (χ4v) is 3.04. The topological polar surface area (TPSA) is 29.3 Å². The van der Waals surface area contributed by atoms with Crippen molar-refractivity contribution in [3.05, 3.63) is 34.1 Å². The van der Waals surface area contributed by atoms with Crippen LogP contribution in [0.15, 0.2) is 22.7 Å². The van der Waals surface area contributed by atoms with Gasteiger partial charge in [-0.15, -0.1) is 0 Å². The highest BCUT2D eigenvalue weighted by atomic mass is 79.9. The van der Waals surface area contributed by atoms with Crippen LogP contribution in [0.5, 0.6) is 0 Å². The summed E-state index contributed by atoms with van der Waals surface area (Å²) >= 11 is 3.19. The molecule has 0 aromatic heterocycles. The van der Waals surface area contributed by atoms with Gasteiger partial charge in [0.25, 0.3) is 0 Å². The second-order valence-corrected chi connectivity index (χ2v) is 5.81. The third kappa shape index (κ3) is 2.92. The summed E-state index contributed by atoms with van der Waals surface area (Å²) in [5.41, 5.74) is 7.24. The highest BCUT2D eigenvalue weighted by Crippen LogP contribution is 2.31. The summed E-state index contributed by atoms with van der Waals surface area (Å²) in [5, 5.41) is 0. The number of piperidine rings is 1. The molecule has 1 aliphatic heterocycles. The lowest BCUT2D eigenvalue weighted by atomic mass is 9.91. The average molecular weight is 315 g/mol. The van der Waals surface area contributed by atoms with E-state index in [1.807, 2.05) is 6.07 Å². The maximum Gasteiger partial charge on any atom is 0.137 e. The van der Waals surface area contributed by atoms with E-state index in [-0.39, 0.29) is 17.9 Å². The monoisotopic (exact) mass is 314 g/mol. The number of nitrogens with zero attached hydrogens (tertiary/aromatic N) is 1. The first kappa shape index (κ1) is 14.0. The fourth-order valence-electron chi connectivity index (χ4n) is 2.79. The van der Waals surface area contributed by atoms with Crippen LogP contribution in [0.25, 0.3) is 0 Å². The van der Waals surface area contributed by atoms with Crippen molar-refractivity contribution in [3.8, 4) is 0 Å². The minimum Gasteiger partial charge on any atom is -0.326 e. The van der Waals surface area contributed by atoms with E-state index in [0.29, 0.717) is 4.47 Å². The summed E-state index contributed by atoms with van der Waals surface area (Å²) in [6.07, 6.45) is 3.25. The zero-order valence-corrected chi connectivity index (χ0v) is 12.3. The zero-order valence-electron chi connectivity index (χ0n) is 10.7. The molecule has 2 rings (SSSR count). The molecule has 2 N–H and O–H groups in total. The van der Waals surface area contributed by atoms with Gasteiger partial charge in [0.15, 0.2) is 0 Å². The number of halogens is 2. The zero-order chi connectivity index (χ0) is 13.1. The standard InChI is InChI=1S/C14H20BrFN2/c1-2-7-18-8-3-4-13(17)14(18)10-5-6-11(15)12(16)9-10/h5-6,9,13-14H,2-4,7-8,17H2,1H3. The first-order valence-electron chi connectivity index (χ1n) is 6.58. The lowest BCUT2D eigenvalue weighted by Crippen LogP contribution is -2.46. The Bertz CT molecular complexity index is 409. The summed E-state index contributed by atoms with van der Waals surface area (Å²) in [7, 11) is 0. The molecule has 1 saturated heterocycles. The average Bonchev–Trinajstić information content (AvgIpc) is 2.34. The third-order valence-corrected chi connectivity index (χ3v) is 4.22. The van der Waals surface area contributed by atoms with Crippen LogP contribution in [-0.2, 0) is 0 Å². The van der Waals surface area contributed by atoms with Crippen LogP contribution in [0.3, 0.4) is 0 Å². The van der Waals surface area contributed by atoms with Crippen LogP contribution < -0.4 is 5.73 Å². The van der Waals surface area contributed by atoms with E-state index in [4.69, 9.17) is 5.73 Å². The van der Waals surface area contributed by atoms with Crippen LogP contribution in [0.1, 0.15) is 37.8 Å². The maximum atomic E-state index is 13.7. The molecule has 1 aromatic rings. The summed E-state index contributed by atoms with van der Waals surface area (Å²) in [5.74, 6) is -0.207. The Balaban J connectivity index is 2.28. The van der Waals surface area contributed by atoms with Gasteiger partial charge >= 0.3 is 0 Å². The van der Waals surface area contributed by atoms with Crippen molar-refractivity contribution in [2.45, 2.75) is 38.3 Å². The summed E-state index contributed by atoms with van der Waals surface area (Å²) < 4.78 is 14.2. The van der Waals surface area contributed by atoms with Gasteiger partial charge in [-0.2, -0.15) is 0 Å². The molecule has 2 atom stereocenters. The van der Waals surface area contributed by atoms with E-state index >= 15 is 0 Å². The van der Waals surface area contributed by atoms with E-state index in [2.05, 4.69) is 27.8 Å². The molecule has 0 radical (unpaired) electrons. The van der Waals surface area contributed by atoms with Crippen LogP contribution in [0, 0.1) is 5.82 Å². The Morgan fingerprint density at radius 3 is 2.94 bits per heavy atom. The van der Waals surface area contributed by atoms with Crippen LogP contribution in [-0.4, -0.2) is 24.0 Å². The summed E-state index contributed by atoms with van der Waals surface area (Å²) in [6, 6.07) is 5.62. The SMILES string of the molecule is CCCN1CCCC(N)C1c1ccc(Br)c(F)c1. The first-order chi connectivity index (χ1) is 8.63. The minimum absolute atomic E-state index is 0.103. The smallest absolute Gasteiger partial charge is 0.137 e. The largest absolute Gasteiger partial charge is 0.326 e. The van der Waals surface area contributed by atoms with Gasteiger partial charge in [0.1, 0.15) is 5.82 Å². The van der Waals surface area contributed by atoms with E-state index in [9.17, 15) is 4.39 Å². The number of hydrogen-bond acceptors (Lipinski definition) is 2. The Morgan fingerprint density at radius 2 is 2.28 bits per heavy atom. The van der Waals surface area contributed by atoms with Gasteiger partial charge in [-0.1, -0.05) is 13.0 Å². The number of benzene rings is 1. The van der Waals surface area contributed by atoms with E-state index in [0.717, 1.165) is 37.9 Å². The molecular formula is C14H20BrFN2. The minimum atomic E-state index is -0.207. The van der Waals surface area contributed by atoms with Gasteiger partial charge in [-0.3, -0.25) is 4.90 Å². The first-order valence-corrected chi connectivity index (χ1v) is 7.37. The fraction of sp³-hybridized carbons (Fsp3) is 0.571. The molecule has 0 saturated carbocycles. The van der Waals surface area contributed by atoms with Crippen molar-refractivity contribution < 1.29 is 4.39 Å². The molecule has 2 nitrogen and oxygen atoms in total. The van der Waals surface area contributed by atoms with E-state index in [1.165, 1.54) is 0 Å². The Hall–Kier alpha value is -0.450. The summed E-state index contributed by atoms with van der Waals surface area (Å²) in [4.78, 5) is 2.39. The van der Waals surface area contributed by atoms with Gasteiger partial charge in [0.2, 0.25) is 0 Å². The van der Waals surface area contributed by atoms with Crippen molar-refractivity contribution in [2.24, 2.45) is 5.73 Å². The predicted octanol–water partition coefficient (Wildman–Crippen LogP) is 3.46. The number of rotatable bonds is 3. The quantitative estimate of drug-likeness (QED) is 0.925. The van der Waals surface area contributed by atoms with E-state index < -0.39 is 0 Å². The molecule has 1 aliphatic rings. The molecule has 0 bridgehead atoms. The predicted molar refractivity (Wildman–Crippen MR) is 75.9 cm³/mol. The van der Waals surface area contributed by atoms with Gasteiger partial charge in [0.05, 0.1) is 4.47 Å². The Labute approximate surface area is 116 Å². The van der Waals surface area contributed by atoms with Gasteiger partial charge in [0, 0.05) is 12.1 Å². The third-order valence-electron chi connectivity index (χ3n) is 3.58. The molecule has 100 valence electrons. The molecule has 2 unspecified atom stereocenters. The second-order valence-electron chi connectivity index (χ2n) is 4.96. The molecule has 0 aliphatic carbocycles. The molecule has 1 heterocycles. The van der Waals surface area contributed by atoms with Crippen LogP contribution >= 0.6 is 15.9 Å². The normalized spacial score (nSPS) is 25.3.